The molecule has 2 aromatic carbocycles. The van der Waals surface area contributed by atoms with Crippen LogP contribution >= 0.6 is 0 Å². The summed E-state index contributed by atoms with van der Waals surface area (Å²) in [5, 5.41) is 0. The van der Waals surface area contributed by atoms with Crippen LogP contribution in [-0.4, -0.2) is 17.4 Å². The number of rotatable bonds is 2. The zero-order valence-electron chi connectivity index (χ0n) is 12.6. The Hall–Kier alpha value is -2.36. The number of amides is 1. The molecule has 2 N–H and O–H groups in total. The third kappa shape index (κ3) is 2.69. The predicted molar refractivity (Wildman–Crippen MR) is 85.0 cm³/mol. The molecule has 3 rings (SSSR count). The van der Waals surface area contributed by atoms with Gasteiger partial charge in [0.05, 0.1) is 6.04 Å². The molecule has 1 heterocycles. The first kappa shape index (κ1) is 14.6. The molecule has 0 aliphatic carbocycles. The van der Waals surface area contributed by atoms with E-state index in [0.717, 1.165) is 24.0 Å². The molecule has 1 fully saturated rings. The Bertz CT molecular complexity index is 714. The second-order valence-corrected chi connectivity index (χ2v) is 5.79. The van der Waals surface area contributed by atoms with Gasteiger partial charge in [0.25, 0.3) is 5.91 Å². The third-order valence-corrected chi connectivity index (χ3v) is 4.24. The summed E-state index contributed by atoms with van der Waals surface area (Å²) in [6.45, 7) is 2.59. The SMILES string of the molecule is Cc1ccc(N)cc1C(=O)N1CCCC1c1cccc(F)c1. The highest BCUT2D eigenvalue weighted by molar-refractivity contribution is 5.97. The Morgan fingerprint density at radius 3 is 2.86 bits per heavy atom. The number of anilines is 1. The fourth-order valence-electron chi connectivity index (χ4n) is 3.09. The second-order valence-electron chi connectivity index (χ2n) is 5.79. The van der Waals surface area contributed by atoms with Crippen molar-refractivity contribution in [2.24, 2.45) is 0 Å². The first-order valence-electron chi connectivity index (χ1n) is 7.49. The van der Waals surface area contributed by atoms with Gasteiger partial charge in [-0.05, 0) is 55.2 Å². The summed E-state index contributed by atoms with van der Waals surface area (Å²) in [5.41, 5.74) is 8.78. The minimum absolute atomic E-state index is 0.0310. The molecule has 1 unspecified atom stereocenters. The Morgan fingerprint density at radius 1 is 1.27 bits per heavy atom. The average Bonchev–Trinajstić information content (AvgIpc) is 2.98. The van der Waals surface area contributed by atoms with Crippen molar-refractivity contribution < 1.29 is 9.18 Å². The normalized spacial score (nSPS) is 17.7. The lowest BCUT2D eigenvalue weighted by molar-refractivity contribution is 0.0734. The van der Waals surface area contributed by atoms with Gasteiger partial charge < -0.3 is 10.6 Å². The number of carbonyl (C=O) groups excluding carboxylic acids is 1. The van der Waals surface area contributed by atoms with Crippen molar-refractivity contribution in [1.29, 1.82) is 0 Å². The van der Waals surface area contributed by atoms with Gasteiger partial charge >= 0.3 is 0 Å². The smallest absolute Gasteiger partial charge is 0.254 e. The third-order valence-electron chi connectivity index (χ3n) is 4.24. The van der Waals surface area contributed by atoms with E-state index < -0.39 is 0 Å². The maximum absolute atomic E-state index is 13.5. The summed E-state index contributed by atoms with van der Waals surface area (Å²) in [6, 6.07) is 11.8. The molecule has 1 amide bonds. The van der Waals surface area contributed by atoms with Crippen LogP contribution in [0.15, 0.2) is 42.5 Å². The van der Waals surface area contributed by atoms with Gasteiger partial charge in [0.15, 0.2) is 0 Å². The van der Waals surface area contributed by atoms with Gasteiger partial charge in [0, 0.05) is 17.8 Å². The summed E-state index contributed by atoms with van der Waals surface area (Å²) >= 11 is 0. The predicted octanol–water partition coefficient (Wildman–Crippen LogP) is 3.69. The number of carbonyl (C=O) groups is 1. The zero-order chi connectivity index (χ0) is 15.7. The van der Waals surface area contributed by atoms with Gasteiger partial charge in [-0.1, -0.05) is 18.2 Å². The van der Waals surface area contributed by atoms with E-state index in [1.165, 1.54) is 12.1 Å². The van der Waals surface area contributed by atoms with Crippen LogP contribution in [0.1, 0.15) is 40.4 Å². The van der Waals surface area contributed by atoms with Crippen LogP contribution < -0.4 is 5.73 Å². The van der Waals surface area contributed by atoms with E-state index >= 15 is 0 Å². The molecule has 0 spiro atoms. The van der Waals surface area contributed by atoms with E-state index in [1.807, 2.05) is 24.0 Å². The van der Waals surface area contributed by atoms with E-state index in [9.17, 15) is 9.18 Å². The highest BCUT2D eigenvalue weighted by atomic mass is 19.1. The number of halogens is 1. The lowest BCUT2D eigenvalue weighted by atomic mass is 10.0. The van der Waals surface area contributed by atoms with Gasteiger partial charge in [-0.3, -0.25) is 4.79 Å². The van der Waals surface area contributed by atoms with Crippen molar-refractivity contribution in [3.63, 3.8) is 0 Å². The Morgan fingerprint density at radius 2 is 2.09 bits per heavy atom. The van der Waals surface area contributed by atoms with Crippen LogP contribution in [0.25, 0.3) is 0 Å². The molecule has 1 saturated heterocycles. The summed E-state index contributed by atoms with van der Waals surface area (Å²) in [7, 11) is 0. The largest absolute Gasteiger partial charge is 0.399 e. The topological polar surface area (TPSA) is 46.3 Å². The van der Waals surface area contributed by atoms with Crippen LogP contribution in [0.4, 0.5) is 10.1 Å². The number of hydrogen-bond donors (Lipinski definition) is 1. The molecule has 114 valence electrons. The van der Waals surface area contributed by atoms with E-state index in [0.29, 0.717) is 17.8 Å². The Labute approximate surface area is 129 Å². The monoisotopic (exact) mass is 298 g/mol. The molecule has 4 heteroatoms. The Kier molecular flexibility index (Phi) is 3.84. The summed E-state index contributed by atoms with van der Waals surface area (Å²) in [5.74, 6) is -0.298. The number of nitrogen functional groups attached to an aromatic ring is 1. The number of aryl methyl sites for hydroxylation is 1. The number of hydrogen-bond acceptors (Lipinski definition) is 2. The van der Waals surface area contributed by atoms with Crippen molar-refractivity contribution >= 4 is 11.6 Å². The molecule has 0 bridgehead atoms. The van der Waals surface area contributed by atoms with Crippen LogP contribution in [0.2, 0.25) is 0 Å². The molecule has 3 nitrogen and oxygen atoms in total. The van der Waals surface area contributed by atoms with Crippen LogP contribution in [0.3, 0.4) is 0 Å². The molecule has 0 saturated carbocycles. The molecule has 1 atom stereocenters. The van der Waals surface area contributed by atoms with Crippen molar-refractivity contribution in [1.82, 2.24) is 4.90 Å². The summed E-state index contributed by atoms with van der Waals surface area (Å²) < 4.78 is 13.5. The average molecular weight is 298 g/mol. The molecular weight excluding hydrogens is 279 g/mol. The van der Waals surface area contributed by atoms with Gasteiger partial charge in [0.1, 0.15) is 5.82 Å². The minimum Gasteiger partial charge on any atom is -0.399 e. The molecule has 2 aromatic rings. The number of nitrogens with zero attached hydrogens (tertiary/aromatic N) is 1. The van der Waals surface area contributed by atoms with E-state index in [2.05, 4.69) is 0 Å². The van der Waals surface area contributed by atoms with Crippen LogP contribution in [0, 0.1) is 12.7 Å². The summed E-state index contributed by atoms with van der Waals surface area (Å²) in [4.78, 5) is 14.7. The van der Waals surface area contributed by atoms with E-state index in [1.54, 1.807) is 18.2 Å². The lowest BCUT2D eigenvalue weighted by Gasteiger charge is -2.26. The van der Waals surface area contributed by atoms with Crippen LogP contribution in [-0.2, 0) is 0 Å². The first-order valence-corrected chi connectivity index (χ1v) is 7.49. The minimum atomic E-state index is -0.267. The molecule has 1 aliphatic rings. The summed E-state index contributed by atoms with van der Waals surface area (Å²) in [6.07, 6.45) is 1.78. The Balaban J connectivity index is 1.93. The molecule has 0 radical (unpaired) electrons. The first-order chi connectivity index (χ1) is 10.6. The van der Waals surface area contributed by atoms with Gasteiger partial charge in [-0.2, -0.15) is 0 Å². The fraction of sp³-hybridized carbons (Fsp3) is 0.278. The van der Waals surface area contributed by atoms with Gasteiger partial charge in [0.2, 0.25) is 0 Å². The maximum atomic E-state index is 13.5. The van der Waals surface area contributed by atoms with Crippen molar-refractivity contribution in [3.05, 3.63) is 65.0 Å². The van der Waals surface area contributed by atoms with E-state index in [-0.39, 0.29) is 17.8 Å². The fourth-order valence-corrected chi connectivity index (χ4v) is 3.09. The molecule has 22 heavy (non-hydrogen) atoms. The van der Waals surface area contributed by atoms with Crippen molar-refractivity contribution in [3.8, 4) is 0 Å². The van der Waals surface area contributed by atoms with Crippen molar-refractivity contribution in [2.45, 2.75) is 25.8 Å². The lowest BCUT2D eigenvalue weighted by Crippen LogP contribution is -2.31. The zero-order valence-corrected chi connectivity index (χ0v) is 12.6. The van der Waals surface area contributed by atoms with Gasteiger partial charge in [-0.15, -0.1) is 0 Å². The maximum Gasteiger partial charge on any atom is 0.254 e. The molecule has 0 aromatic heterocycles. The standard InChI is InChI=1S/C18H19FN2O/c1-12-7-8-15(20)11-16(12)18(22)21-9-3-6-17(21)13-4-2-5-14(19)10-13/h2,4-5,7-8,10-11,17H,3,6,9,20H2,1H3. The number of likely N-dealkylation sites (tertiary alicyclic amines) is 1. The van der Waals surface area contributed by atoms with E-state index in [4.69, 9.17) is 5.73 Å². The highest BCUT2D eigenvalue weighted by Crippen LogP contribution is 2.34. The van der Waals surface area contributed by atoms with Gasteiger partial charge in [-0.25, -0.2) is 4.39 Å². The van der Waals surface area contributed by atoms with Crippen molar-refractivity contribution in [2.75, 3.05) is 12.3 Å². The number of nitrogens with two attached hydrogens (primary N) is 1. The number of benzene rings is 2. The second kappa shape index (κ2) is 5.79. The highest BCUT2D eigenvalue weighted by Gasteiger charge is 2.31. The van der Waals surface area contributed by atoms with Crippen LogP contribution in [0.5, 0.6) is 0 Å². The molecular formula is C18H19FN2O. The molecule has 1 aliphatic heterocycles. The quantitative estimate of drug-likeness (QED) is 0.859.